The highest BCUT2D eigenvalue weighted by Gasteiger charge is 2.12. The van der Waals surface area contributed by atoms with Crippen LogP contribution < -0.4 is 5.32 Å². The van der Waals surface area contributed by atoms with Crippen molar-refractivity contribution in [3.63, 3.8) is 0 Å². The molecule has 1 aromatic carbocycles. The van der Waals surface area contributed by atoms with E-state index in [1.165, 1.54) is 29.3 Å². The zero-order valence-electron chi connectivity index (χ0n) is 10.1. The molecular formula is C14H20BrNO. The van der Waals surface area contributed by atoms with Gasteiger partial charge in [0.2, 0.25) is 0 Å². The maximum Gasteiger partial charge on any atom is 0.0587 e. The van der Waals surface area contributed by atoms with Crippen molar-refractivity contribution in [2.45, 2.75) is 38.3 Å². The van der Waals surface area contributed by atoms with Gasteiger partial charge in [-0.05, 0) is 43.9 Å². The van der Waals surface area contributed by atoms with Crippen LogP contribution in [0.5, 0.6) is 0 Å². The van der Waals surface area contributed by atoms with Crippen LogP contribution in [0.2, 0.25) is 0 Å². The Labute approximate surface area is 112 Å². The Bertz CT molecular complexity index is 337. The molecule has 94 valence electrons. The summed E-state index contributed by atoms with van der Waals surface area (Å²) >= 11 is 3.56. The normalized spacial score (nSPS) is 20.4. The maximum atomic E-state index is 5.70. The van der Waals surface area contributed by atoms with Gasteiger partial charge in [0.25, 0.3) is 0 Å². The molecule has 2 nitrogen and oxygen atoms in total. The topological polar surface area (TPSA) is 21.3 Å². The number of halogens is 1. The first-order valence-electron chi connectivity index (χ1n) is 6.42. The Morgan fingerprint density at radius 1 is 1.29 bits per heavy atom. The fourth-order valence-corrected chi connectivity index (χ4v) is 2.59. The molecule has 0 bridgehead atoms. The zero-order valence-corrected chi connectivity index (χ0v) is 11.7. The molecule has 1 saturated heterocycles. The van der Waals surface area contributed by atoms with Crippen LogP contribution in [0.15, 0.2) is 28.7 Å². The fourth-order valence-electron chi connectivity index (χ4n) is 2.16. The number of benzene rings is 1. The molecule has 1 N–H and O–H groups in total. The Morgan fingerprint density at radius 2 is 2.18 bits per heavy atom. The van der Waals surface area contributed by atoms with Crippen LogP contribution in [0.1, 0.15) is 31.2 Å². The summed E-state index contributed by atoms with van der Waals surface area (Å²) < 4.78 is 6.89. The van der Waals surface area contributed by atoms with Gasteiger partial charge in [-0.15, -0.1) is 0 Å². The number of hydrogen-bond donors (Lipinski definition) is 1. The second kappa shape index (κ2) is 7.14. The quantitative estimate of drug-likeness (QED) is 0.840. The lowest BCUT2D eigenvalue weighted by Gasteiger charge is -2.22. The van der Waals surface area contributed by atoms with Crippen LogP contribution in [0.4, 0.5) is 0 Å². The van der Waals surface area contributed by atoms with Crippen LogP contribution in [0.25, 0.3) is 0 Å². The van der Waals surface area contributed by atoms with Gasteiger partial charge < -0.3 is 10.1 Å². The van der Waals surface area contributed by atoms with Crippen LogP contribution in [0.3, 0.4) is 0 Å². The van der Waals surface area contributed by atoms with Crippen LogP contribution in [0, 0.1) is 0 Å². The monoisotopic (exact) mass is 297 g/mol. The number of hydrogen-bond acceptors (Lipinski definition) is 2. The van der Waals surface area contributed by atoms with E-state index >= 15 is 0 Å². The minimum absolute atomic E-state index is 0.482. The molecule has 0 aromatic heterocycles. The van der Waals surface area contributed by atoms with Crippen molar-refractivity contribution in [3.05, 3.63) is 34.3 Å². The fraction of sp³-hybridized carbons (Fsp3) is 0.571. The van der Waals surface area contributed by atoms with Gasteiger partial charge in [0.15, 0.2) is 0 Å². The van der Waals surface area contributed by atoms with E-state index in [4.69, 9.17) is 4.74 Å². The Hall–Kier alpha value is -0.380. The summed E-state index contributed by atoms with van der Waals surface area (Å²) in [4.78, 5) is 0. The van der Waals surface area contributed by atoms with Gasteiger partial charge in [-0.3, -0.25) is 0 Å². The molecule has 1 unspecified atom stereocenters. The average Bonchev–Trinajstić information content (AvgIpc) is 2.38. The van der Waals surface area contributed by atoms with Crippen molar-refractivity contribution in [2.24, 2.45) is 0 Å². The smallest absolute Gasteiger partial charge is 0.0587 e. The molecule has 3 heteroatoms. The van der Waals surface area contributed by atoms with Gasteiger partial charge in [0, 0.05) is 17.6 Å². The van der Waals surface area contributed by atoms with E-state index in [2.05, 4.69) is 39.4 Å². The largest absolute Gasteiger partial charge is 0.378 e. The first-order chi connectivity index (χ1) is 8.36. The molecule has 0 saturated carbocycles. The third-order valence-corrected chi connectivity index (χ3v) is 3.96. The lowest BCUT2D eigenvalue weighted by molar-refractivity contribution is 0.0115. The molecule has 1 heterocycles. The zero-order chi connectivity index (χ0) is 11.9. The van der Waals surface area contributed by atoms with E-state index in [1.54, 1.807) is 0 Å². The summed E-state index contributed by atoms with van der Waals surface area (Å²) in [5, 5.41) is 3.48. The molecular weight excluding hydrogens is 278 g/mol. The van der Waals surface area contributed by atoms with Gasteiger partial charge in [-0.2, -0.15) is 0 Å². The summed E-state index contributed by atoms with van der Waals surface area (Å²) in [5.74, 6) is 0. The molecule has 1 aromatic rings. The molecule has 17 heavy (non-hydrogen) atoms. The number of rotatable bonds is 5. The van der Waals surface area contributed by atoms with Crippen molar-refractivity contribution in [1.29, 1.82) is 0 Å². The maximum absolute atomic E-state index is 5.70. The third kappa shape index (κ3) is 4.41. The molecule has 0 amide bonds. The molecule has 0 spiro atoms. The molecule has 1 aliphatic rings. The SMILES string of the molecule is Brc1ccccc1CNCCC1CCCCO1. The first-order valence-corrected chi connectivity index (χ1v) is 7.21. The molecule has 1 atom stereocenters. The highest BCUT2D eigenvalue weighted by Crippen LogP contribution is 2.16. The van der Waals surface area contributed by atoms with Crippen molar-refractivity contribution < 1.29 is 4.74 Å². The molecule has 1 fully saturated rings. The van der Waals surface area contributed by atoms with E-state index in [1.807, 2.05) is 6.07 Å². The first kappa shape index (κ1) is 13.1. The minimum Gasteiger partial charge on any atom is -0.378 e. The minimum atomic E-state index is 0.482. The van der Waals surface area contributed by atoms with Gasteiger partial charge in [-0.25, -0.2) is 0 Å². The van der Waals surface area contributed by atoms with E-state index in [-0.39, 0.29) is 0 Å². The highest BCUT2D eigenvalue weighted by atomic mass is 79.9. The van der Waals surface area contributed by atoms with Crippen molar-refractivity contribution in [1.82, 2.24) is 5.32 Å². The van der Waals surface area contributed by atoms with Crippen molar-refractivity contribution in [3.8, 4) is 0 Å². The summed E-state index contributed by atoms with van der Waals surface area (Å²) in [5.41, 5.74) is 1.32. The number of nitrogens with one attached hydrogen (secondary N) is 1. The second-order valence-corrected chi connectivity index (χ2v) is 5.40. The Morgan fingerprint density at radius 3 is 2.94 bits per heavy atom. The average molecular weight is 298 g/mol. The van der Waals surface area contributed by atoms with Crippen molar-refractivity contribution in [2.75, 3.05) is 13.2 Å². The summed E-state index contributed by atoms with van der Waals surface area (Å²) in [6, 6.07) is 8.35. The van der Waals surface area contributed by atoms with Gasteiger partial charge in [0.1, 0.15) is 0 Å². The summed E-state index contributed by atoms with van der Waals surface area (Å²) in [6.45, 7) is 2.91. The van der Waals surface area contributed by atoms with Gasteiger partial charge >= 0.3 is 0 Å². The van der Waals surface area contributed by atoms with E-state index in [9.17, 15) is 0 Å². The molecule has 2 rings (SSSR count). The molecule has 1 aliphatic heterocycles. The number of ether oxygens (including phenoxy) is 1. The third-order valence-electron chi connectivity index (χ3n) is 3.19. The molecule has 0 radical (unpaired) electrons. The lowest BCUT2D eigenvalue weighted by atomic mass is 10.1. The second-order valence-electron chi connectivity index (χ2n) is 4.55. The Balaban J connectivity index is 1.64. The predicted octanol–water partition coefficient (Wildman–Crippen LogP) is 3.50. The van der Waals surface area contributed by atoms with Crippen molar-refractivity contribution >= 4 is 15.9 Å². The van der Waals surface area contributed by atoms with Gasteiger partial charge in [0.05, 0.1) is 6.10 Å². The van der Waals surface area contributed by atoms with E-state index in [0.717, 1.165) is 26.1 Å². The lowest BCUT2D eigenvalue weighted by Crippen LogP contribution is -2.25. The van der Waals surface area contributed by atoms with Crippen LogP contribution in [-0.4, -0.2) is 19.3 Å². The van der Waals surface area contributed by atoms with Crippen LogP contribution in [-0.2, 0) is 11.3 Å². The molecule has 0 aliphatic carbocycles. The highest BCUT2D eigenvalue weighted by molar-refractivity contribution is 9.10. The standard InChI is InChI=1S/C14H20BrNO/c15-14-7-2-1-5-12(14)11-16-9-8-13-6-3-4-10-17-13/h1-2,5,7,13,16H,3-4,6,8-11H2. The van der Waals surface area contributed by atoms with E-state index in [0.29, 0.717) is 6.10 Å². The predicted molar refractivity (Wildman–Crippen MR) is 74.1 cm³/mol. The summed E-state index contributed by atoms with van der Waals surface area (Å²) in [6.07, 6.45) is 5.41. The van der Waals surface area contributed by atoms with E-state index < -0.39 is 0 Å². The Kier molecular flexibility index (Phi) is 5.49. The van der Waals surface area contributed by atoms with Crippen LogP contribution >= 0.6 is 15.9 Å². The summed E-state index contributed by atoms with van der Waals surface area (Å²) in [7, 11) is 0. The van der Waals surface area contributed by atoms with Gasteiger partial charge in [-0.1, -0.05) is 34.1 Å².